The third-order valence-electron chi connectivity index (χ3n) is 5.30. The van der Waals surface area contributed by atoms with Gasteiger partial charge in [-0.25, -0.2) is 0 Å². The molecule has 4 heterocycles. The van der Waals surface area contributed by atoms with Crippen molar-refractivity contribution in [2.45, 2.75) is 24.8 Å². The molecule has 0 unspecified atom stereocenters. The molecular formula is C18H19N7O2. The van der Waals surface area contributed by atoms with Crippen LogP contribution >= 0.6 is 0 Å². The van der Waals surface area contributed by atoms with Crippen LogP contribution in [0.2, 0.25) is 0 Å². The highest BCUT2D eigenvalue weighted by Crippen LogP contribution is 2.38. The van der Waals surface area contributed by atoms with Crippen LogP contribution in [0.4, 0.5) is 5.82 Å². The van der Waals surface area contributed by atoms with Gasteiger partial charge in [0.1, 0.15) is 5.82 Å². The Morgan fingerprint density at radius 3 is 2.70 bits per heavy atom. The van der Waals surface area contributed by atoms with Crippen molar-refractivity contribution < 1.29 is 4.79 Å². The van der Waals surface area contributed by atoms with E-state index in [2.05, 4.69) is 20.1 Å². The summed E-state index contributed by atoms with van der Waals surface area (Å²) in [4.78, 5) is 30.1. The summed E-state index contributed by atoms with van der Waals surface area (Å²) >= 11 is 0. The van der Waals surface area contributed by atoms with Crippen LogP contribution in [0, 0.1) is 0 Å². The van der Waals surface area contributed by atoms with Crippen molar-refractivity contribution in [2.75, 3.05) is 25.0 Å². The molecule has 0 bridgehead atoms. The smallest absolute Gasteiger partial charge is 0.255 e. The van der Waals surface area contributed by atoms with Gasteiger partial charge in [0.2, 0.25) is 5.56 Å². The van der Waals surface area contributed by atoms with Gasteiger partial charge in [-0.05, 0) is 31.0 Å². The first-order valence-electron chi connectivity index (χ1n) is 9.03. The minimum atomic E-state index is -0.218. The molecule has 2 aliphatic rings. The van der Waals surface area contributed by atoms with Crippen LogP contribution in [0.3, 0.4) is 0 Å². The van der Waals surface area contributed by atoms with E-state index in [0.29, 0.717) is 24.6 Å². The summed E-state index contributed by atoms with van der Waals surface area (Å²) in [6.07, 6.45) is 3.75. The molecule has 3 aromatic heterocycles. The average Bonchev–Trinajstić information content (AvgIpc) is 3.40. The number of amides is 1. The van der Waals surface area contributed by atoms with Gasteiger partial charge in [0.15, 0.2) is 11.5 Å². The number of hydrogen-bond acceptors (Lipinski definition) is 6. The lowest BCUT2D eigenvalue weighted by molar-refractivity contribution is 0.0704. The van der Waals surface area contributed by atoms with Crippen LogP contribution in [0.1, 0.15) is 34.9 Å². The highest BCUT2D eigenvalue weighted by atomic mass is 16.2. The second-order valence-corrected chi connectivity index (χ2v) is 7.21. The molecule has 5 rings (SSSR count). The molecule has 1 amide bonds. The van der Waals surface area contributed by atoms with Crippen molar-refractivity contribution in [3.05, 3.63) is 52.2 Å². The van der Waals surface area contributed by atoms with Gasteiger partial charge in [0, 0.05) is 38.3 Å². The molecule has 9 heteroatoms. The third-order valence-corrected chi connectivity index (χ3v) is 5.30. The van der Waals surface area contributed by atoms with Gasteiger partial charge in [-0.3, -0.25) is 9.59 Å². The lowest BCUT2D eigenvalue weighted by Crippen LogP contribution is -2.60. The van der Waals surface area contributed by atoms with E-state index in [1.165, 1.54) is 12.3 Å². The van der Waals surface area contributed by atoms with E-state index in [0.717, 1.165) is 30.1 Å². The maximum atomic E-state index is 12.5. The fourth-order valence-corrected chi connectivity index (χ4v) is 3.36. The molecule has 1 aliphatic heterocycles. The van der Waals surface area contributed by atoms with Crippen LogP contribution in [0.5, 0.6) is 0 Å². The minimum Gasteiger partial charge on any atom is -0.351 e. The number of likely N-dealkylation sites (N-methyl/N-ethyl adjacent to an activating group) is 1. The number of anilines is 1. The summed E-state index contributed by atoms with van der Waals surface area (Å²) in [7, 11) is 1.79. The van der Waals surface area contributed by atoms with Crippen molar-refractivity contribution in [3.8, 4) is 0 Å². The quantitative estimate of drug-likeness (QED) is 0.729. The molecule has 0 radical (unpaired) electrons. The van der Waals surface area contributed by atoms with E-state index in [1.54, 1.807) is 18.0 Å². The zero-order chi connectivity index (χ0) is 18.5. The van der Waals surface area contributed by atoms with Crippen LogP contribution in [0.15, 0.2) is 35.3 Å². The van der Waals surface area contributed by atoms with Gasteiger partial charge in [-0.15, -0.1) is 15.3 Å². The third kappa shape index (κ3) is 2.75. The number of pyridine rings is 1. The summed E-state index contributed by atoms with van der Waals surface area (Å²) in [5.41, 5.74) is 1.03. The molecule has 2 fully saturated rings. The first kappa shape index (κ1) is 16.0. The number of aromatic amines is 1. The Morgan fingerprint density at radius 2 is 2.00 bits per heavy atom. The predicted octanol–water partition coefficient (Wildman–Crippen LogP) is 0.651. The van der Waals surface area contributed by atoms with E-state index in [-0.39, 0.29) is 17.5 Å². The van der Waals surface area contributed by atoms with Crippen molar-refractivity contribution in [3.63, 3.8) is 0 Å². The molecule has 0 spiro atoms. The molecular weight excluding hydrogens is 346 g/mol. The Labute approximate surface area is 154 Å². The zero-order valence-electron chi connectivity index (χ0n) is 14.9. The zero-order valence-corrected chi connectivity index (χ0v) is 14.9. The highest BCUT2D eigenvalue weighted by Gasteiger charge is 2.34. The van der Waals surface area contributed by atoms with Gasteiger partial charge in [0.05, 0.1) is 11.6 Å². The minimum absolute atomic E-state index is 0.103. The number of H-pyrrole nitrogens is 1. The number of hydrogen-bond donors (Lipinski definition) is 1. The van der Waals surface area contributed by atoms with Crippen molar-refractivity contribution >= 4 is 17.4 Å². The van der Waals surface area contributed by atoms with Gasteiger partial charge in [-0.1, -0.05) is 0 Å². The lowest BCUT2D eigenvalue weighted by atomic mass is 10.1. The molecule has 3 aromatic rings. The van der Waals surface area contributed by atoms with E-state index in [9.17, 15) is 9.59 Å². The predicted molar refractivity (Wildman–Crippen MR) is 97.9 cm³/mol. The molecule has 138 valence electrons. The number of nitrogens with zero attached hydrogens (tertiary/aromatic N) is 6. The van der Waals surface area contributed by atoms with Crippen LogP contribution in [-0.4, -0.2) is 61.8 Å². The van der Waals surface area contributed by atoms with E-state index < -0.39 is 0 Å². The Balaban J connectivity index is 1.29. The number of carbonyl (C=O) groups is 1. The van der Waals surface area contributed by atoms with E-state index in [4.69, 9.17) is 5.10 Å². The summed E-state index contributed by atoms with van der Waals surface area (Å²) in [5.74, 6) is 2.18. The molecule has 9 nitrogen and oxygen atoms in total. The number of carbonyl (C=O) groups excluding carboxylic acids is 1. The standard InChI is InChI=1S/C18H19N7O2/c1-23(18(27)12-4-7-16(26)19-8-12)13-9-24(10-13)15-6-5-14-20-21-17(11-2-3-11)25(14)22-15/h4-8,11,13H,2-3,9-10H2,1H3,(H,19,26). The maximum absolute atomic E-state index is 12.5. The largest absolute Gasteiger partial charge is 0.351 e. The summed E-state index contributed by atoms with van der Waals surface area (Å²) in [6, 6.07) is 6.90. The van der Waals surface area contributed by atoms with E-state index in [1.807, 2.05) is 16.6 Å². The monoisotopic (exact) mass is 365 g/mol. The number of nitrogens with one attached hydrogen (secondary N) is 1. The van der Waals surface area contributed by atoms with Gasteiger partial charge in [0.25, 0.3) is 5.91 Å². The summed E-state index contributed by atoms with van der Waals surface area (Å²) in [5, 5.41) is 13.1. The Hall–Kier alpha value is -3.23. The van der Waals surface area contributed by atoms with Crippen LogP contribution in [0.25, 0.3) is 5.65 Å². The molecule has 0 aromatic carbocycles. The van der Waals surface area contributed by atoms with E-state index >= 15 is 0 Å². The normalized spacial score (nSPS) is 17.1. The molecule has 1 N–H and O–H groups in total. The van der Waals surface area contributed by atoms with Crippen molar-refractivity contribution in [2.24, 2.45) is 0 Å². The van der Waals surface area contributed by atoms with Crippen LogP contribution < -0.4 is 10.5 Å². The Kier molecular flexibility index (Phi) is 3.49. The SMILES string of the molecule is CN(C(=O)c1ccc(=O)[nH]c1)C1CN(c2ccc3nnc(C4CC4)n3n2)C1. The Bertz CT molecular complexity index is 1060. The fourth-order valence-electron chi connectivity index (χ4n) is 3.36. The fraction of sp³-hybridized carbons (Fsp3) is 0.389. The molecule has 1 saturated carbocycles. The number of aromatic nitrogens is 5. The second kappa shape index (κ2) is 5.90. The van der Waals surface area contributed by atoms with Crippen LogP contribution in [-0.2, 0) is 0 Å². The summed E-state index contributed by atoms with van der Waals surface area (Å²) in [6.45, 7) is 1.43. The van der Waals surface area contributed by atoms with Gasteiger partial charge in [-0.2, -0.15) is 4.52 Å². The van der Waals surface area contributed by atoms with Crippen molar-refractivity contribution in [1.29, 1.82) is 0 Å². The maximum Gasteiger partial charge on any atom is 0.255 e. The lowest BCUT2D eigenvalue weighted by Gasteiger charge is -2.44. The molecule has 1 aliphatic carbocycles. The summed E-state index contributed by atoms with van der Waals surface area (Å²) < 4.78 is 1.84. The van der Waals surface area contributed by atoms with Gasteiger partial charge >= 0.3 is 0 Å². The average molecular weight is 365 g/mol. The molecule has 1 saturated heterocycles. The first-order valence-corrected chi connectivity index (χ1v) is 9.03. The van der Waals surface area contributed by atoms with Gasteiger partial charge < -0.3 is 14.8 Å². The molecule has 27 heavy (non-hydrogen) atoms. The topological polar surface area (TPSA) is 99.5 Å². The van der Waals surface area contributed by atoms with Crippen molar-refractivity contribution in [1.82, 2.24) is 29.7 Å². The highest BCUT2D eigenvalue weighted by molar-refractivity contribution is 5.94. The first-order chi connectivity index (χ1) is 13.1. The number of rotatable bonds is 4. The number of fused-ring (bicyclic) bond motifs is 1. The molecule has 0 atom stereocenters. The second-order valence-electron chi connectivity index (χ2n) is 7.21. The Morgan fingerprint density at radius 1 is 1.19 bits per heavy atom.